The van der Waals surface area contributed by atoms with Crippen molar-refractivity contribution in [2.75, 3.05) is 6.26 Å². The zero-order valence-electron chi connectivity index (χ0n) is 11.9. The van der Waals surface area contributed by atoms with E-state index >= 15 is 0 Å². The normalized spacial score (nSPS) is 15.1. The van der Waals surface area contributed by atoms with E-state index in [1.165, 1.54) is 0 Å². The van der Waals surface area contributed by atoms with Gasteiger partial charge in [0, 0.05) is 0 Å². The molecule has 0 spiro atoms. The fraction of sp³-hybridized carbons (Fsp3) is 0.800. The average Bonchev–Trinajstić information content (AvgIpc) is 2.78. The van der Waals surface area contributed by atoms with E-state index < -0.39 is 28.0 Å². The highest BCUT2D eigenvalue weighted by Crippen LogP contribution is 2.09. The van der Waals surface area contributed by atoms with Crippen LogP contribution in [0.25, 0.3) is 0 Å². The van der Waals surface area contributed by atoms with Gasteiger partial charge in [0.1, 0.15) is 6.04 Å². The molecule has 0 aliphatic heterocycles. The fourth-order valence-corrected chi connectivity index (χ4v) is 2.39. The standard InChI is InChI=1S/C10H20N6O3S/c1-6(2)5-8(14-20(4,18)19)10(17)11-7(3)9-12-15-16-13-9/h6-8,14H,5H2,1-4H3,(H,11,17)(H,12,13,15,16). The number of amides is 1. The minimum Gasteiger partial charge on any atom is -0.345 e. The lowest BCUT2D eigenvalue weighted by atomic mass is 10.0. The number of aromatic nitrogens is 4. The monoisotopic (exact) mass is 304 g/mol. The molecule has 1 amide bonds. The van der Waals surface area contributed by atoms with Crippen molar-refractivity contribution in [3.8, 4) is 0 Å². The first kappa shape index (κ1) is 16.5. The highest BCUT2D eigenvalue weighted by Gasteiger charge is 2.25. The van der Waals surface area contributed by atoms with Crippen LogP contribution >= 0.6 is 0 Å². The number of aromatic amines is 1. The van der Waals surface area contributed by atoms with Gasteiger partial charge in [0.15, 0.2) is 5.82 Å². The number of hydrogen-bond acceptors (Lipinski definition) is 6. The minimum absolute atomic E-state index is 0.167. The third-order valence-electron chi connectivity index (χ3n) is 2.49. The van der Waals surface area contributed by atoms with Crippen molar-refractivity contribution in [1.29, 1.82) is 0 Å². The van der Waals surface area contributed by atoms with E-state index in [4.69, 9.17) is 0 Å². The molecular weight excluding hydrogens is 284 g/mol. The number of sulfonamides is 1. The second kappa shape index (κ2) is 6.75. The number of H-pyrrole nitrogens is 1. The number of carbonyl (C=O) groups excluding carboxylic acids is 1. The number of nitrogens with zero attached hydrogens (tertiary/aromatic N) is 3. The van der Waals surface area contributed by atoms with Crippen LogP contribution in [0.15, 0.2) is 0 Å². The van der Waals surface area contributed by atoms with Crippen molar-refractivity contribution in [2.45, 2.75) is 39.3 Å². The maximum Gasteiger partial charge on any atom is 0.238 e. The summed E-state index contributed by atoms with van der Waals surface area (Å²) in [5.41, 5.74) is 0. The Labute approximate surface area is 118 Å². The third-order valence-corrected chi connectivity index (χ3v) is 3.20. The molecule has 0 bridgehead atoms. The molecular formula is C10H20N6O3S. The van der Waals surface area contributed by atoms with Gasteiger partial charge >= 0.3 is 0 Å². The molecule has 20 heavy (non-hydrogen) atoms. The summed E-state index contributed by atoms with van der Waals surface area (Å²) in [6, 6.07) is -1.28. The minimum atomic E-state index is -3.46. The van der Waals surface area contributed by atoms with E-state index in [0.29, 0.717) is 12.2 Å². The SMILES string of the molecule is CC(C)CC(NS(C)(=O)=O)C(=O)NC(C)c1nn[nH]n1. The number of hydrogen-bond donors (Lipinski definition) is 3. The Morgan fingerprint density at radius 2 is 2.00 bits per heavy atom. The Morgan fingerprint density at radius 3 is 2.45 bits per heavy atom. The Bertz CT molecular complexity index is 527. The van der Waals surface area contributed by atoms with Crippen LogP contribution in [-0.2, 0) is 14.8 Å². The van der Waals surface area contributed by atoms with E-state index in [0.717, 1.165) is 6.26 Å². The molecule has 0 radical (unpaired) electrons. The van der Waals surface area contributed by atoms with Gasteiger partial charge in [-0.05, 0) is 19.3 Å². The largest absolute Gasteiger partial charge is 0.345 e. The van der Waals surface area contributed by atoms with Gasteiger partial charge in [-0.1, -0.05) is 19.1 Å². The maximum atomic E-state index is 12.1. The molecule has 0 saturated carbocycles. The summed E-state index contributed by atoms with van der Waals surface area (Å²) in [4.78, 5) is 12.1. The Hall–Kier alpha value is -1.55. The van der Waals surface area contributed by atoms with Crippen LogP contribution in [0.1, 0.15) is 39.1 Å². The summed E-state index contributed by atoms with van der Waals surface area (Å²) in [6.45, 7) is 5.51. The van der Waals surface area contributed by atoms with Gasteiger partial charge in [0.25, 0.3) is 0 Å². The quantitative estimate of drug-likeness (QED) is 0.613. The maximum absolute atomic E-state index is 12.1. The molecule has 2 atom stereocenters. The number of carbonyl (C=O) groups is 1. The smallest absolute Gasteiger partial charge is 0.238 e. The molecule has 114 valence electrons. The average molecular weight is 304 g/mol. The highest BCUT2D eigenvalue weighted by molar-refractivity contribution is 7.88. The van der Waals surface area contributed by atoms with Gasteiger partial charge in [0.2, 0.25) is 15.9 Å². The van der Waals surface area contributed by atoms with Crippen LogP contribution in [0, 0.1) is 5.92 Å². The van der Waals surface area contributed by atoms with Crippen LogP contribution in [0.5, 0.6) is 0 Å². The lowest BCUT2D eigenvalue weighted by Gasteiger charge is -2.20. The summed E-state index contributed by atoms with van der Waals surface area (Å²) in [5.74, 6) is 0.0860. The van der Waals surface area contributed by atoms with E-state index in [1.807, 2.05) is 13.8 Å². The fourth-order valence-electron chi connectivity index (χ4n) is 1.67. The van der Waals surface area contributed by atoms with Gasteiger partial charge in [-0.2, -0.15) is 5.21 Å². The van der Waals surface area contributed by atoms with Crippen molar-refractivity contribution in [3.05, 3.63) is 5.82 Å². The number of rotatable bonds is 7. The molecule has 2 unspecified atom stereocenters. The van der Waals surface area contributed by atoms with Crippen LogP contribution < -0.4 is 10.0 Å². The Morgan fingerprint density at radius 1 is 1.35 bits per heavy atom. The molecule has 0 aliphatic carbocycles. The summed E-state index contributed by atoms with van der Waals surface area (Å²) in [6.07, 6.45) is 1.42. The molecule has 0 aromatic carbocycles. The molecule has 1 rings (SSSR count). The molecule has 1 aromatic rings. The highest BCUT2D eigenvalue weighted by atomic mass is 32.2. The zero-order chi connectivity index (χ0) is 15.3. The summed E-state index contributed by atoms with van der Waals surface area (Å²) < 4.78 is 25.0. The predicted molar refractivity (Wildman–Crippen MR) is 72.0 cm³/mol. The van der Waals surface area contributed by atoms with Gasteiger partial charge < -0.3 is 5.32 Å². The summed E-state index contributed by atoms with van der Waals surface area (Å²) >= 11 is 0. The Kier molecular flexibility index (Phi) is 5.57. The van der Waals surface area contributed by atoms with Gasteiger partial charge in [-0.3, -0.25) is 4.79 Å². The summed E-state index contributed by atoms with van der Waals surface area (Å²) in [7, 11) is -3.46. The van der Waals surface area contributed by atoms with Gasteiger partial charge in [0.05, 0.1) is 12.3 Å². The lowest BCUT2D eigenvalue weighted by Crippen LogP contribution is -2.47. The molecule has 1 heterocycles. The van der Waals surface area contributed by atoms with E-state index in [2.05, 4.69) is 30.7 Å². The van der Waals surface area contributed by atoms with Crippen LogP contribution in [-0.4, -0.2) is 47.2 Å². The topological polar surface area (TPSA) is 130 Å². The third kappa shape index (κ3) is 5.61. The molecule has 3 N–H and O–H groups in total. The second-order valence-electron chi connectivity index (χ2n) is 5.07. The van der Waals surface area contributed by atoms with Gasteiger partial charge in [-0.15, -0.1) is 10.2 Å². The van der Waals surface area contributed by atoms with Crippen molar-refractivity contribution in [2.24, 2.45) is 5.92 Å². The predicted octanol–water partition coefficient (Wildman–Crippen LogP) is -0.659. The molecule has 0 aliphatic rings. The van der Waals surface area contributed by atoms with Crippen molar-refractivity contribution in [3.63, 3.8) is 0 Å². The first-order valence-corrected chi connectivity index (χ1v) is 8.09. The molecule has 10 heteroatoms. The first-order valence-electron chi connectivity index (χ1n) is 6.20. The van der Waals surface area contributed by atoms with Crippen molar-refractivity contribution < 1.29 is 13.2 Å². The first-order chi connectivity index (χ1) is 9.19. The molecule has 0 fully saturated rings. The lowest BCUT2D eigenvalue weighted by molar-refractivity contribution is -0.123. The second-order valence-corrected chi connectivity index (χ2v) is 6.85. The summed E-state index contributed by atoms with van der Waals surface area (Å²) in [5, 5.41) is 15.9. The van der Waals surface area contributed by atoms with Crippen molar-refractivity contribution >= 4 is 15.9 Å². The molecule has 0 saturated heterocycles. The number of tetrazole rings is 1. The van der Waals surface area contributed by atoms with Crippen molar-refractivity contribution in [1.82, 2.24) is 30.7 Å². The molecule has 1 aromatic heterocycles. The Balaban J connectivity index is 2.72. The zero-order valence-corrected chi connectivity index (χ0v) is 12.7. The van der Waals surface area contributed by atoms with Gasteiger partial charge in [-0.25, -0.2) is 13.1 Å². The van der Waals surface area contributed by atoms with Crippen LogP contribution in [0.3, 0.4) is 0 Å². The van der Waals surface area contributed by atoms with E-state index in [-0.39, 0.29) is 5.92 Å². The van der Waals surface area contributed by atoms with Crippen LogP contribution in [0.2, 0.25) is 0 Å². The van der Waals surface area contributed by atoms with E-state index in [9.17, 15) is 13.2 Å². The van der Waals surface area contributed by atoms with E-state index in [1.54, 1.807) is 6.92 Å². The molecule has 9 nitrogen and oxygen atoms in total. The van der Waals surface area contributed by atoms with Crippen LogP contribution in [0.4, 0.5) is 0 Å². The number of nitrogens with one attached hydrogen (secondary N) is 3.